The van der Waals surface area contributed by atoms with Crippen molar-refractivity contribution in [1.29, 1.82) is 0 Å². The van der Waals surface area contributed by atoms with Crippen molar-refractivity contribution in [2.75, 3.05) is 0 Å². The van der Waals surface area contributed by atoms with Crippen LogP contribution in [0.4, 0.5) is 0 Å². The van der Waals surface area contributed by atoms with Gasteiger partial charge in [-0.15, -0.1) is 0 Å². The summed E-state index contributed by atoms with van der Waals surface area (Å²) < 4.78 is 2.16. The van der Waals surface area contributed by atoms with Crippen LogP contribution in [0.15, 0.2) is 18.3 Å². The number of rotatable bonds is 1. The lowest BCUT2D eigenvalue weighted by atomic mass is 9.93. The van der Waals surface area contributed by atoms with Gasteiger partial charge in [-0.1, -0.05) is 46.8 Å². The van der Waals surface area contributed by atoms with E-state index in [1.54, 1.807) is 0 Å². The topological polar surface area (TPSA) is 17.8 Å². The second-order valence-electron chi connectivity index (χ2n) is 4.30. The van der Waals surface area contributed by atoms with Crippen molar-refractivity contribution >= 4 is 12.3 Å². The van der Waals surface area contributed by atoms with Gasteiger partial charge in [0.25, 0.3) is 0 Å². The maximum Gasteiger partial charge on any atom is 0.136 e. The second-order valence-corrected chi connectivity index (χ2v) is 4.30. The number of hydrogen-bond donors (Lipinski definition) is 0. The zero-order valence-electron chi connectivity index (χ0n) is 11.0. The summed E-state index contributed by atoms with van der Waals surface area (Å²) in [6.07, 6.45) is 11.6. The van der Waals surface area contributed by atoms with Crippen LogP contribution < -0.4 is 0 Å². The standard InChI is InChI=1S/C12H16N2.C2H6/c1-4-10-9-13-11-5-6-12(2,3)7-8-14(10)11;1-2/h5-9H,4H2,1-3H3;1-2H3. The number of allylic oxidation sites excluding steroid dienone is 2. The first-order valence-electron chi connectivity index (χ1n) is 6.07. The molecule has 0 radical (unpaired) electrons. The zero-order chi connectivity index (χ0) is 12.2. The van der Waals surface area contributed by atoms with Crippen molar-refractivity contribution in [1.82, 2.24) is 9.55 Å². The average molecular weight is 218 g/mol. The Balaban J connectivity index is 0.000000606. The zero-order valence-corrected chi connectivity index (χ0v) is 11.0. The Morgan fingerprint density at radius 1 is 1.25 bits per heavy atom. The van der Waals surface area contributed by atoms with Gasteiger partial charge in [0, 0.05) is 23.5 Å². The Hall–Kier alpha value is -1.31. The van der Waals surface area contributed by atoms with Crippen LogP contribution in [0.25, 0.3) is 12.3 Å². The van der Waals surface area contributed by atoms with Crippen molar-refractivity contribution in [3.8, 4) is 0 Å². The van der Waals surface area contributed by atoms with Crippen LogP contribution in [-0.4, -0.2) is 9.55 Å². The normalized spacial score (nSPS) is 16.1. The molecule has 1 aliphatic heterocycles. The van der Waals surface area contributed by atoms with E-state index < -0.39 is 0 Å². The molecule has 0 saturated heterocycles. The third-order valence-corrected chi connectivity index (χ3v) is 2.58. The SMILES string of the molecule is CC.CCc1cnc2n1C=CC(C)(C)C=C2. The van der Waals surface area contributed by atoms with E-state index in [1.807, 2.05) is 20.0 Å². The van der Waals surface area contributed by atoms with Gasteiger partial charge in [-0.2, -0.15) is 0 Å². The molecule has 0 amide bonds. The first-order chi connectivity index (χ1) is 7.62. The van der Waals surface area contributed by atoms with Gasteiger partial charge in [0.2, 0.25) is 0 Å². The summed E-state index contributed by atoms with van der Waals surface area (Å²) >= 11 is 0. The molecule has 16 heavy (non-hydrogen) atoms. The van der Waals surface area contributed by atoms with Crippen molar-refractivity contribution in [3.63, 3.8) is 0 Å². The minimum Gasteiger partial charge on any atom is -0.304 e. The van der Waals surface area contributed by atoms with Crippen LogP contribution >= 0.6 is 0 Å². The molecule has 0 atom stereocenters. The predicted octanol–water partition coefficient (Wildman–Crippen LogP) is 4.00. The molecule has 0 aliphatic carbocycles. The lowest BCUT2D eigenvalue weighted by molar-refractivity contribution is 0.632. The molecule has 0 N–H and O–H groups in total. The van der Waals surface area contributed by atoms with E-state index >= 15 is 0 Å². The molecule has 0 fully saturated rings. The lowest BCUT2D eigenvalue weighted by Gasteiger charge is -2.11. The van der Waals surface area contributed by atoms with Crippen molar-refractivity contribution in [3.05, 3.63) is 29.9 Å². The van der Waals surface area contributed by atoms with E-state index in [1.165, 1.54) is 5.69 Å². The second kappa shape index (κ2) is 5.15. The summed E-state index contributed by atoms with van der Waals surface area (Å²) in [7, 11) is 0. The number of fused-ring (bicyclic) bond motifs is 1. The number of hydrogen-bond acceptors (Lipinski definition) is 1. The van der Waals surface area contributed by atoms with Crippen LogP contribution in [0, 0.1) is 5.41 Å². The largest absolute Gasteiger partial charge is 0.304 e. The van der Waals surface area contributed by atoms with E-state index in [9.17, 15) is 0 Å². The van der Waals surface area contributed by atoms with Crippen LogP contribution in [-0.2, 0) is 6.42 Å². The van der Waals surface area contributed by atoms with Gasteiger partial charge >= 0.3 is 0 Å². The summed E-state index contributed by atoms with van der Waals surface area (Å²) in [4.78, 5) is 4.38. The van der Waals surface area contributed by atoms with Crippen LogP contribution in [0.3, 0.4) is 0 Å². The Bertz CT molecular complexity index is 395. The molecule has 0 saturated carbocycles. The molecule has 1 aromatic rings. The molecule has 1 aliphatic rings. The monoisotopic (exact) mass is 218 g/mol. The van der Waals surface area contributed by atoms with E-state index in [-0.39, 0.29) is 5.41 Å². The van der Waals surface area contributed by atoms with E-state index in [4.69, 9.17) is 0 Å². The third-order valence-electron chi connectivity index (χ3n) is 2.58. The van der Waals surface area contributed by atoms with Gasteiger partial charge in [-0.3, -0.25) is 0 Å². The minimum atomic E-state index is 0.131. The molecule has 1 aromatic heterocycles. The highest BCUT2D eigenvalue weighted by atomic mass is 15.1. The van der Waals surface area contributed by atoms with Crippen molar-refractivity contribution in [2.24, 2.45) is 5.41 Å². The fraction of sp³-hybridized carbons (Fsp3) is 0.500. The average Bonchev–Trinajstić information content (AvgIpc) is 2.62. The molecular weight excluding hydrogens is 196 g/mol. The minimum absolute atomic E-state index is 0.131. The fourth-order valence-corrected chi connectivity index (χ4v) is 1.58. The van der Waals surface area contributed by atoms with E-state index in [2.05, 4.69) is 54.8 Å². The summed E-state index contributed by atoms with van der Waals surface area (Å²) in [6.45, 7) is 10.5. The fourth-order valence-electron chi connectivity index (χ4n) is 1.58. The molecule has 0 aromatic carbocycles. The molecular formula is C14H22N2. The molecule has 2 rings (SSSR count). The molecule has 2 heteroatoms. The van der Waals surface area contributed by atoms with Gasteiger partial charge in [0.1, 0.15) is 5.82 Å². The summed E-state index contributed by atoms with van der Waals surface area (Å²) in [5, 5.41) is 0. The smallest absolute Gasteiger partial charge is 0.136 e. The first-order valence-corrected chi connectivity index (χ1v) is 6.07. The highest BCUT2D eigenvalue weighted by molar-refractivity contribution is 5.52. The van der Waals surface area contributed by atoms with Gasteiger partial charge in [0.15, 0.2) is 0 Å². The van der Waals surface area contributed by atoms with Gasteiger partial charge in [-0.25, -0.2) is 4.98 Å². The van der Waals surface area contributed by atoms with Gasteiger partial charge in [0.05, 0.1) is 0 Å². The van der Waals surface area contributed by atoms with Crippen LogP contribution in [0.1, 0.15) is 46.1 Å². The lowest BCUT2D eigenvalue weighted by Crippen LogP contribution is -2.01. The van der Waals surface area contributed by atoms with E-state index in [0.717, 1.165) is 12.2 Å². The van der Waals surface area contributed by atoms with E-state index in [0.29, 0.717) is 0 Å². The summed E-state index contributed by atoms with van der Waals surface area (Å²) in [6, 6.07) is 0. The Labute approximate surface area is 98.7 Å². The van der Waals surface area contributed by atoms with Crippen LogP contribution in [0.2, 0.25) is 0 Å². The first kappa shape index (κ1) is 12.8. The highest BCUT2D eigenvalue weighted by Gasteiger charge is 2.14. The molecule has 88 valence electrons. The number of aryl methyl sites for hydroxylation is 1. The third kappa shape index (κ3) is 2.63. The maximum atomic E-state index is 4.38. The Morgan fingerprint density at radius 3 is 2.56 bits per heavy atom. The van der Waals surface area contributed by atoms with Gasteiger partial charge in [-0.05, 0) is 12.5 Å². The quantitative estimate of drug-likeness (QED) is 0.696. The van der Waals surface area contributed by atoms with Crippen molar-refractivity contribution < 1.29 is 0 Å². The number of aromatic nitrogens is 2. The van der Waals surface area contributed by atoms with Crippen LogP contribution in [0.5, 0.6) is 0 Å². The molecule has 2 nitrogen and oxygen atoms in total. The number of imidazole rings is 1. The predicted molar refractivity (Wildman–Crippen MR) is 71.1 cm³/mol. The molecule has 0 spiro atoms. The Kier molecular flexibility index (Phi) is 4.11. The molecule has 2 heterocycles. The maximum absolute atomic E-state index is 4.38. The molecule has 0 unspecified atom stereocenters. The summed E-state index contributed by atoms with van der Waals surface area (Å²) in [5.41, 5.74) is 1.39. The molecule has 0 bridgehead atoms. The highest BCUT2D eigenvalue weighted by Crippen LogP contribution is 2.24. The number of nitrogens with zero attached hydrogens (tertiary/aromatic N) is 2. The Morgan fingerprint density at radius 2 is 1.94 bits per heavy atom. The van der Waals surface area contributed by atoms with Crippen molar-refractivity contribution in [2.45, 2.75) is 41.0 Å². The van der Waals surface area contributed by atoms with Gasteiger partial charge < -0.3 is 4.57 Å². The summed E-state index contributed by atoms with van der Waals surface area (Å²) in [5.74, 6) is 1.03.